The number of piperidine rings is 2. The van der Waals surface area contributed by atoms with Crippen molar-refractivity contribution in [2.45, 2.75) is 44.7 Å². The zero-order valence-corrected chi connectivity index (χ0v) is 17.9. The molecule has 5 nitrogen and oxygen atoms in total. The van der Waals surface area contributed by atoms with E-state index in [2.05, 4.69) is 15.2 Å². The van der Waals surface area contributed by atoms with Gasteiger partial charge in [0.25, 0.3) is 5.91 Å². The van der Waals surface area contributed by atoms with Crippen LogP contribution in [0.1, 0.15) is 48.0 Å². The smallest absolute Gasteiger partial charge is 0.255 e. The number of hydrogen-bond acceptors (Lipinski definition) is 4. The Morgan fingerprint density at radius 1 is 1.10 bits per heavy atom. The summed E-state index contributed by atoms with van der Waals surface area (Å²) in [6, 6.07) is 8.74. The van der Waals surface area contributed by atoms with E-state index in [1.165, 1.54) is 18.6 Å². The fourth-order valence-electron chi connectivity index (χ4n) is 4.22. The molecule has 1 amide bonds. The van der Waals surface area contributed by atoms with Gasteiger partial charge in [0.2, 0.25) is 0 Å². The highest BCUT2D eigenvalue weighted by Crippen LogP contribution is 2.25. The van der Waals surface area contributed by atoms with Gasteiger partial charge in [-0.05, 0) is 55.9 Å². The highest BCUT2D eigenvalue weighted by molar-refractivity contribution is 6.33. The molecular formula is C23H28ClFN4O. The van der Waals surface area contributed by atoms with Crippen molar-refractivity contribution in [1.29, 1.82) is 0 Å². The van der Waals surface area contributed by atoms with Crippen LogP contribution in [0.5, 0.6) is 0 Å². The van der Waals surface area contributed by atoms with Gasteiger partial charge in [0.15, 0.2) is 0 Å². The second kappa shape index (κ2) is 9.75. The van der Waals surface area contributed by atoms with Crippen LogP contribution in [0.2, 0.25) is 5.02 Å². The number of benzene rings is 1. The molecule has 1 N–H and O–H groups in total. The summed E-state index contributed by atoms with van der Waals surface area (Å²) in [7, 11) is 0. The van der Waals surface area contributed by atoms with Gasteiger partial charge in [-0.25, -0.2) is 9.37 Å². The van der Waals surface area contributed by atoms with E-state index in [4.69, 9.17) is 11.6 Å². The Hall–Kier alpha value is -2.18. The average Bonchev–Trinajstić information content (AvgIpc) is 2.78. The molecule has 160 valence electrons. The van der Waals surface area contributed by atoms with Gasteiger partial charge in [0, 0.05) is 45.0 Å². The molecule has 2 saturated heterocycles. The summed E-state index contributed by atoms with van der Waals surface area (Å²) >= 11 is 6.44. The lowest BCUT2D eigenvalue weighted by Crippen LogP contribution is -2.39. The summed E-state index contributed by atoms with van der Waals surface area (Å²) in [5.41, 5.74) is 1.68. The molecule has 4 rings (SSSR count). The van der Waals surface area contributed by atoms with Crippen LogP contribution in [0, 0.1) is 5.82 Å². The fraction of sp³-hybridized carbons (Fsp3) is 0.478. The van der Waals surface area contributed by atoms with Crippen molar-refractivity contribution < 1.29 is 9.18 Å². The molecule has 2 aliphatic heterocycles. The van der Waals surface area contributed by atoms with Gasteiger partial charge in [-0.2, -0.15) is 0 Å². The Kier molecular flexibility index (Phi) is 6.85. The molecular weight excluding hydrogens is 403 g/mol. The van der Waals surface area contributed by atoms with Crippen molar-refractivity contribution in [1.82, 2.24) is 14.8 Å². The first-order valence-electron chi connectivity index (χ1n) is 10.8. The highest BCUT2D eigenvalue weighted by Gasteiger charge is 2.22. The number of likely N-dealkylation sites (tertiary alicyclic amines) is 2. The van der Waals surface area contributed by atoms with Gasteiger partial charge in [-0.15, -0.1) is 0 Å². The fourth-order valence-corrected chi connectivity index (χ4v) is 4.44. The summed E-state index contributed by atoms with van der Waals surface area (Å²) in [5.74, 6) is 0.461. The number of carbonyl (C=O) groups excluding carboxylic acids is 1. The minimum atomic E-state index is -0.199. The van der Waals surface area contributed by atoms with E-state index in [1.54, 1.807) is 12.3 Å². The second-order valence-electron chi connectivity index (χ2n) is 8.23. The molecule has 0 bridgehead atoms. The lowest BCUT2D eigenvalue weighted by Gasteiger charge is -2.32. The third-order valence-corrected chi connectivity index (χ3v) is 6.27. The molecule has 3 heterocycles. The Morgan fingerprint density at radius 3 is 2.47 bits per heavy atom. The summed E-state index contributed by atoms with van der Waals surface area (Å²) in [6.07, 6.45) is 6.91. The summed E-state index contributed by atoms with van der Waals surface area (Å²) in [6.45, 7) is 4.37. The van der Waals surface area contributed by atoms with E-state index in [9.17, 15) is 9.18 Å². The molecule has 2 aliphatic rings. The van der Waals surface area contributed by atoms with Crippen LogP contribution in [-0.2, 0) is 6.54 Å². The minimum absolute atomic E-state index is 0.0183. The number of rotatable bonds is 5. The van der Waals surface area contributed by atoms with Crippen molar-refractivity contribution in [3.05, 3.63) is 58.5 Å². The van der Waals surface area contributed by atoms with Crippen molar-refractivity contribution in [2.75, 3.05) is 31.5 Å². The number of aromatic nitrogens is 1. The Labute approximate surface area is 182 Å². The third kappa shape index (κ3) is 5.29. The zero-order chi connectivity index (χ0) is 20.9. The zero-order valence-electron chi connectivity index (χ0n) is 17.1. The van der Waals surface area contributed by atoms with Gasteiger partial charge in [-0.3, -0.25) is 9.69 Å². The standard InChI is InChI=1S/C23H28ClFN4O/c24-21-14-18(23(30)29-10-2-1-3-11-29)15-26-22(21)27-20-8-12-28(13-9-20)16-17-4-6-19(25)7-5-17/h4-7,14-15,20H,1-3,8-13,16H2,(H,26,27). The molecule has 7 heteroatoms. The predicted octanol–water partition coefficient (Wildman–Crippen LogP) is 4.58. The van der Waals surface area contributed by atoms with Crippen molar-refractivity contribution >= 4 is 23.3 Å². The topological polar surface area (TPSA) is 48.5 Å². The normalized spacial score (nSPS) is 18.4. The first-order valence-corrected chi connectivity index (χ1v) is 11.1. The van der Waals surface area contributed by atoms with Gasteiger partial charge in [-0.1, -0.05) is 23.7 Å². The van der Waals surface area contributed by atoms with Crippen LogP contribution < -0.4 is 5.32 Å². The lowest BCUT2D eigenvalue weighted by atomic mass is 10.0. The summed E-state index contributed by atoms with van der Waals surface area (Å²) in [4.78, 5) is 21.3. The molecule has 1 aromatic carbocycles. The Bertz CT molecular complexity index is 862. The molecule has 0 atom stereocenters. The number of amides is 1. The number of carbonyl (C=O) groups is 1. The minimum Gasteiger partial charge on any atom is -0.366 e. The van der Waals surface area contributed by atoms with E-state index >= 15 is 0 Å². The van der Waals surface area contributed by atoms with Gasteiger partial charge in [0.1, 0.15) is 11.6 Å². The number of hydrogen-bond donors (Lipinski definition) is 1. The number of anilines is 1. The van der Waals surface area contributed by atoms with E-state index in [0.29, 0.717) is 22.4 Å². The molecule has 0 aliphatic carbocycles. The van der Waals surface area contributed by atoms with Crippen molar-refractivity contribution in [3.63, 3.8) is 0 Å². The molecule has 30 heavy (non-hydrogen) atoms. The van der Waals surface area contributed by atoms with Crippen LogP contribution in [0.4, 0.5) is 10.2 Å². The van der Waals surface area contributed by atoms with Gasteiger partial charge >= 0.3 is 0 Å². The summed E-state index contributed by atoms with van der Waals surface area (Å²) in [5, 5.41) is 3.93. The largest absolute Gasteiger partial charge is 0.366 e. The molecule has 2 aromatic rings. The maximum Gasteiger partial charge on any atom is 0.255 e. The van der Waals surface area contributed by atoms with Gasteiger partial charge < -0.3 is 10.2 Å². The third-order valence-electron chi connectivity index (χ3n) is 5.98. The van der Waals surface area contributed by atoms with Crippen molar-refractivity contribution in [3.8, 4) is 0 Å². The van der Waals surface area contributed by atoms with Crippen LogP contribution >= 0.6 is 11.6 Å². The Morgan fingerprint density at radius 2 is 1.80 bits per heavy atom. The summed E-state index contributed by atoms with van der Waals surface area (Å²) < 4.78 is 13.1. The van der Waals surface area contributed by atoms with E-state index < -0.39 is 0 Å². The Balaban J connectivity index is 1.29. The molecule has 0 saturated carbocycles. The molecule has 0 spiro atoms. The number of nitrogens with one attached hydrogen (secondary N) is 1. The van der Waals surface area contributed by atoms with Crippen molar-refractivity contribution in [2.24, 2.45) is 0 Å². The van der Waals surface area contributed by atoms with Crippen LogP contribution in [0.3, 0.4) is 0 Å². The average molecular weight is 431 g/mol. The molecule has 0 radical (unpaired) electrons. The van der Waals surface area contributed by atoms with Gasteiger partial charge in [0.05, 0.1) is 10.6 Å². The highest BCUT2D eigenvalue weighted by atomic mass is 35.5. The number of pyridine rings is 1. The monoisotopic (exact) mass is 430 g/mol. The number of halogens is 2. The first kappa shape index (κ1) is 21.1. The quantitative estimate of drug-likeness (QED) is 0.754. The molecule has 0 unspecified atom stereocenters. The van der Waals surface area contributed by atoms with Crippen LogP contribution in [0.25, 0.3) is 0 Å². The second-order valence-corrected chi connectivity index (χ2v) is 8.64. The first-order chi connectivity index (χ1) is 14.6. The SMILES string of the molecule is O=C(c1cnc(NC2CCN(Cc3ccc(F)cc3)CC2)c(Cl)c1)N1CCCCC1. The molecule has 2 fully saturated rings. The number of nitrogens with zero attached hydrogens (tertiary/aromatic N) is 3. The van der Waals surface area contributed by atoms with E-state index in [0.717, 1.165) is 64.0 Å². The maximum atomic E-state index is 13.1. The predicted molar refractivity (Wildman–Crippen MR) is 117 cm³/mol. The van der Waals surface area contributed by atoms with E-state index in [-0.39, 0.29) is 11.7 Å². The maximum absolute atomic E-state index is 13.1. The molecule has 1 aromatic heterocycles. The lowest BCUT2D eigenvalue weighted by molar-refractivity contribution is 0.0724. The van der Waals surface area contributed by atoms with E-state index in [1.807, 2.05) is 17.0 Å². The van der Waals surface area contributed by atoms with Crippen LogP contribution in [0.15, 0.2) is 36.5 Å². The van der Waals surface area contributed by atoms with Crippen LogP contribution in [-0.4, -0.2) is 52.9 Å².